The van der Waals surface area contributed by atoms with Crippen molar-refractivity contribution in [1.82, 2.24) is 5.32 Å². The molecule has 0 radical (unpaired) electrons. The highest BCUT2D eigenvalue weighted by atomic mass is 16.4. The lowest BCUT2D eigenvalue weighted by atomic mass is 9.78. The first-order valence-corrected chi connectivity index (χ1v) is 13.2. The van der Waals surface area contributed by atoms with E-state index in [1.165, 1.54) is 0 Å². The Morgan fingerprint density at radius 3 is 2.08 bits per heavy atom. The molecule has 0 aliphatic carbocycles. The molecule has 9 heteroatoms. The third kappa shape index (κ3) is 6.89. The summed E-state index contributed by atoms with van der Waals surface area (Å²) in [6, 6.07) is 10.2. The van der Waals surface area contributed by atoms with Gasteiger partial charge in [0, 0.05) is 51.9 Å². The van der Waals surface area contributed by atoms with Gasteiger partial charge in [-0.05, 0) is 26.0 Å². The molecule has 0 fully saturated rings. The number of rotatable bonds is 9. The Kier molecular flexibility index (Phi) is 8.53. The lowest BCUT2D eigenvalue weighted by Gasteiger charge is -2.30. The lowest BCUT2D eigenvalue weighted by Crippen LogP contribution is -2.44. The van der Waals surface area contributed by atoms with Crippen LogP contribution < -0.4 is 10.6 Å². The SMILES string of the molecule is CC(C)(CC(=O)Nc1cc2ccccc2o1)NCC(O)c1c(C(=O)C(C)(C)C)cc(O)c(O)c1C(=O)C(C)(C)C. The Morgan fingerprint density at radius 2 is 1.50 bits per heavy atom. The van der Waals surface area contributed by atoms with Crippen molar-refractivity contribution in [2.75, 3.05) is 11.9 Å². The highest BCUT2D eigenvalue weighted by Crippen LogP contribution is 2.42. The number of aliphatic hydroxyl groups is 1. The number of Topliss-reactive ketones (excluding diaryl/α,β-unsaturated/α-hetero) is 2. The molecule has 3 rings (SSSR count). The Labute approximate surface area is 234 Å². The van der Waals surface area contributed by atoms with E-state index in [2.05, 4.69) is 10.6 Å². The maximum Gasteiger partial charge on any atom is 0.228 e. The predicted molar refractivity (Wildman–Crippen MR) is 154 cm³/mol. The summed E-state index contributed by atoms with van der Waals surface area (Å²) in [5.41, 5.74) is -2.47. The highest BCUT2D eigenvalue weighted by Gasteiger charge is 2.37. The number of anilines is 1. The van der Waals surface area contributed by atoms with Gasteiger partial charge in [-0.1, -0.05) is 59.7 Å². The first-order valence-electron chi connectivity index (χ1n) is 13.2. The Hall–Kier alpha value is -3.69. The van der Waals surface area contributed by atoms with E-state index in [-0.39, 0.29) is 35.6 Å². The maximum atomic E-state index is 13.4. The molecule has 40 heavy (non-hydrogen) atoms. The summed E-state index contributed by atoms with van der Waals surface area (Å²) in [6.45, 7) is 13.4. The highest BCUT2D eigenvalue weighted by molar-refractivity contribution is 6.09. The maximum absolute atomic E-state index is 13.4. The van der Waals surface area contributed by atoms with E-state index in [1.54, 1.807) is 67.5 Å². The summed E-state index contributed by atoms with van der Waals surface area (Å²) in [5.74, 6) is -2.26. The third-order valence-corrected chi connectivity index (χ3v) is 6.55. The van der Waals surface area contributed by atoms with Crippen molar-refractivity contribution in [3.63, 3.8) is 0 Å². The number of amides is 1. The molecule has 1 unspecified atom stereocenters. The van der Waals surface area contributed by atoms with E-state index >= 15 is 0 Å². The van der Waals surface area contributed by atoms with Crippen molar-refractivity contribution in [3.8, 4) is 11.5 Å². The molecule has 0 spiro atoms. The third-order valence-electron chi connectivity index (χ3n) is 6.55. The van der Waals surface area contributed by atoms with Crippen molar-refractivity contribution in [3.05, 3.63) is 53.1 Å². The number of para-hydroxylation sites is 1. The Morgan fingerprint density at radius 1 is 0.900 bits per heavy atom. The Bertz CT molecular complexity index is 1410. The standard InChI is InChI=1S/C31H40N2O7/c1-29(2,3)27(38)18-14-19(34)26(37)25(28(39)30(4,5)6)24(18)20(35)16-32-31(7,8)15-22(36)33-23-13-17-11-9-10-12-21(17)40-23/h9-14,20,32,34-35,37H,15-16H2,1-8H3,(H,33,36). The molecule has 216 valence electrons. The van der Waals surface area contributed by atoms with Gasteiger partial charge in [0.1, 0.15) is 5.58 Å². The summed E-state index contributed by atoms with van der Waals surface area (Å²) in [4.78, 5) is 39.6. The van der Waals surface area contributed by atoms with Gasteiger partial charge in [0.15, 0.2) is 23.1 Å². The number of phenolic OH excluding ortho intramolecular Hbond substituents is 2. The normalized spacial score (nSPS) is 13.3. The quantitative estimate of drug-likeness (QED) is 0.167. The van der Waals surface area contributed by atoms with Crippen molar-refractivity contribution >= 4 is 34.3 Å². The lowest BCUT2D eigenvalue weighted by molar-refractivity contribution is -0.117. The van der Waals surface area contributed by atoms with Gasteiger partial charge in [0.25, 0.3) is 0 Å². The molecule has 1 heterocycles. The number of phenols is 2. The molecule has 9 nitrogen and oxygen atoms in total. The first-order chi connectivity index (χ1) is 18.3. The molecular formula is C31H40N2O7. The average molecular weight is 553 g/mol. The van der Waals surface area contributed by atoms with Gasteiger partial charge in [0.2, 0.25) is 11.8 Å². The van der Waals surface area contributed by atoms with Gasteiger partial charge < -0.3 is 25.1 Å². The number of benzene rings is 2. The topological polar surface area (TPSA) is 149 Å². The van der Waals surface area contributed by atoms with Crippen LogP contribution in [-0.4, -0.2) is 44.9 Å². The summed E-state index contributed by atoms with van der Waals surface area (Å²) < 4.78 is 5.66. The second kappa shape index (κ2) is 11.1. The van der Waals surface area contributed by atoms with Crippen LogP contribution in [0.3, 0.4) is 0 Å². The molecule has 1 atom stereocenters. The monoisotopic (exact) mass is 552 g/mol. The molecule has 0 saturated heterocycles. The van der Waals surface area contributed by atoms with Crippen molar-refractivity contribution < 1.29 is 34.1 Å². The van der Waals surface area contributed by atoms with Crippen LogP contribution in [0, 0.1) is 10.8 Å². The van der Waals surface area contributed by atoms with E-state index < -0.39 is 45.5 Å². The summed E-state index contributed by atoms with van der Waals surface area (Å²) in [7, 11) is 0. The molecule has 1 aromatic heterocycles. The average Bonchev–Trinajstić information content (AvgIpc) is 3.23. The molecule has 3 aromatic rings. The van der Waals surface area contributed by atoms with Gasteiger partial charge in [-0.15, -0.1) is 0 Å². The van der Waals surface area contributed by atoms with Gasteiger partial charge >= 0.3 is 0 Å². The fourth-order valence-electron chi connectivity index (χ4n) is 4.38. The van der Waals surface area contributed by atoms with Crippen molar-refractivity contribution in [1.29, 1.82) is 0 Å². The van der Waals surface area contributed by atoms with Gasteiger partial charge in [-0.3, -0.25) is 19.7 Å². The number of furan rings is 1. The fourth-order valence-corrected chi connectivity index (χ4v) is 4.38. The van der Waals surface area contributed by atoms with Crippen LogP contribution >= 0.6 is 0 Å². The van der Waals surface area contributed by atoms with Crippen molar-refractivity contribution in [2.24, 2.45) is 10.8 Å². The number of ketones is 2. The number of aromatic hydroxyl groups is 2. The van der Waals surface area contributed by atoms with Crippen molar-refractivity contribution in [2.45, 2.75) is 73.5 Å². The summed E-state index contributed by atoms with van der Waals surface area (Å²) in [5, 5.41) is 39.3. The molecule has 0 bridgehead atoms. The molecule has 5 N–H and O–H groups in total. The van der Waals surface area contributed by atoms with Crippen LogP contribution in [0.15, 0.2) is 40.8 Å². The minimum atomic E-state index is -1.42. The number of hydrogen-bond donors (Lipinski definition) is 5. The van der Waals surface area contributed by atoms with Crippen LogP contribution in [0.2, 0.25) is 0 Å². The van der Waals surface area contributed by atoms with Crippen LogP contribution in [0.4, 0.5) is 5.88 Å². The number of hydrogen-bond acceptors (Lipinski definition) is 8. The van der Waals surface area contributed by atoms with Crippen LogP contribution in [-0.2, 0) is 4.79 Å². The molecule has 0 aliphatic heterocycles. The van der Waals surface area contributed by atoms with E-state index in [0.29, 0.717) is 11.5 Å². The first kappa shape index (κ1) is 30.8. The number of carbonyl (C=O) groups is 3. The summed E-state index contributed by atoms with van der Waals surface area (Å²) in [6.07, 6.45) is -1.41. The minimum Gasteiger partial charge on any atom is -0.504 e. The molecule has 0 saturated carbocycles. The predicted octanol–water partition coefficient (Wildman–Crippen LogP) is 5.73. The second-order valence-corrected chi connectivity index (χ2v) is 12.9. The van der Waals surface area contributed by atoms with E-state index in [9.17, 15) is 29.7 Å². The zero-order valence-corrected chi connectivity index (χ0v) is 24.4. The van der Waals surface area contributed by atoms with Crippen LogP contribution in [0.5, 0.6) is 11.5 Å². The fraction of sp³-hybridized carbons (Fsp3) is 0.452. The zero-order valence-electron chi connectivity index (χ0n) is 24.4. The Balaban J connectivity index is 1.87. The molecule has 2 aromatic carbocycles. The van der Waals surface area contributed by atoms with Gasteiger partial charge in [-0.25, -0.2) is 0 Å². The molecule has 1 amide bonds. The number of nitrogens with one attached hydrogen (secondary N) is 2. The number of β-amino-alcohol motifs (C(OH)–C–C–N with tert-alkyl or cyclic N) is 1. The number of aliphatic hydroxyl groups excluding tert-OH is 1. The minimum absolute atomic E-state index is 0.0130. The van der Waals surface area contributed by atoms with E-state index in [4.69, 9.17) is 4.42 Å². The number of fused-ring (bicyclic) bond motifs is 1. The van der Waals surface area contributed by atoms with Crippen LogP contribution in [0.1, 0.15) is 94.2 Å². The van der Waals surface area contributed by atoms with E-state index in [0.717, 1.165) is 11.5 Å². The molecule has 0 aliphatic rings. The largest absolute Gasteiger partial charge is 0.504 e. The van der Waals surface area contributed by atoms with E-state index in [1.807, 2.05) is 18.2 Å². The van der Waals surface area contributed by atoms with Gasteiger partial charge in [-0.2, -0.15) is 0 Å². The van der Waals surface area contributed by atoms with Crippen LogP contribution in [0.25, 0.3) is 11.0 Å². The smallest absolute Gasteiger partial charge is 0.228 e. The zero-order chi connectivity index (χ0) is 30.2. The molecular weight excluding hydrogens is 512 g/mol. The number of carbonyl (C=O) groups excluding carboxylic acids is 3. The second-order valence-electron chi connectivity index (χ2n) is 12.9. The summed E-state index contributed by atoms with van der Waals surface area (Å²) >= 11 is 0. The van der Waals surface area contributed by atoms with Gasteiger partial charge in [0.05, 0.1) is 11.7 Å².